The molecule has 3 saturated heterocycles. The molecule has 0 saturated carbocycles. The van der Waals surface area contributed by atoms with Crippen LogP contribution in [0.15, 0.2) is 73.1 Å². The Morgan fingerprint density at radius 3 is 2.53 bits per heavy atom. The number of fused-ring (bicyclic) bond motifs is 2. The average molecular weight is 822 g/mol. The largest absolute Gasteiger partial charge is 0.464 e. The van der Waals surface area contributed by atoms with Gasteiger partial charge in [-0.1, -0.05) is 38.1 Å². The first-order valence-electron chi connectivity index (χ1n) is 19.3. The first-order valence-corrected chi connectivity index (χ1v) is 21.8. The quantitative estimate of drug-likeness (QED) is 0.106. The zero-order valence-corrected chi connectivity index (χ0v) is 33.6. The highest BCUT2D eigenvalue weighted by molar-refractivity contribution is 7.57. The molecule has 2 unspecified atom stereocenters. The van der Waals surface area contributed by atoms with Crippen LogP contribution in [0.4, 0.5) is 8.78 Å². The van der Waals surface area contributed by atoms with E-state index in [-0.39, 0.29) is 58.3 Å². The van der Waals surface area contributed by atoms with E-state index in [1.807, 2.05) is 13.8 Å². The number of esters is 1. The molecule has 302 valence electrons. The van der Waals surface area contributed by atoms with Gasteiger partial charge in [0.05, 0.1) is 11.5 Å². The number of rotatable bonds is 13. The Morgan fingerprint density at radius 2 is 1.79 bits per heavy atom. The van der Waals surface area contributed by atoms with Crippen molar-refractivity contribution in [2.24, 2.45) is 5.92 Å². The molecule has 0 radical (unpaired) electrons. The summed E-state index contributed by atoms with van der Waals surface area (Å²) < 4.78 is 56.8. The van der Waals surface area contributed by atoms with Crippen molar-refractivity contribution >= 4 is 52.6 Å². The Hall–Kier alpha value is -4.72. The van der Waals surface area contributed by atoms with Crippen LogP contribution in [0.1, 0.15) is 85.5 Å². The van der Waals surface area contributed by atoms with Crippen molar-refractivity contribution in [2.75, 3.05) is 19.7 Å². The number of hydrogen-bond acceptors (Lipinski definition) is 9. The average Bonchev–Trinajstić information content (AvgIpc) is 3.77. The van der Waals surface area contributed by atoms with Crippen LogP contribution >= 0.6 is 18.9 Å². The van der Waals surface area contributed by atoms with Gasteiger partial charge in [-0.2, -0.15) is 0 Å². The topological polar surface area (TPSA) is 147 Å². The van der Waals surface area contributed by atoms with E-state index in [4.69, 9.17) is 9.26 Å². The van der Waals surface area contributed by atoms with Gasteiger partial charge in [0.2, 0.25) is 17.7 Å². The number of carbonyl (C=O) groups is 4. The van der Waals surface area contributed by atoms with Crippen LogP contribution in [0.25, 0.3) is 10.1 Å². The number of aromatic nitrogens is 1. The third kappa shape index (κ3) is 8.75. The molecule has 16 heteroatoms. The van der Waals surface area contributed by atoms with E-state index >= 15 is 4.39 Å². The summed E-state index contributed by atoms with van der Waals surface area (Å²) in [5.74, 6) is -4.15. The molecule has 7 rings (SSSR count). The van der Waals surface area contributed by atoms with Crippen LogP contribution in [-0.4, -0.2) is 82.3 Å². The molecular formula is C41H46F2N5O7PS. The van der Waals surface area contributed by atoms with Crippen LogP contribution in [-0.2, 0) is 23.7 Å². The number of para-hydroxylation sites is 1. The molecule has 5 heterocycles. The van der Waals surface area contributed by atoms with Gasteiger partial charge in [0.1, 0.15) is 29.7 Å². The van der Waals surface area contributed by atoms with Crippen LogP contribution in [0.3, 0.4) is 0 Å². The first-order chi connectivity index (χ1) is 27.3. The zero-order valence-electron chi connectivity index (χ0n) is 31.9. The normalized spacial score (nSPS) is 21.9. The van der Waals surface area contributed by atoms with Gasteiger partial charge >= 0.3 is 13.5 Å². The van der Waals surface area contributed by atoms with Gasteiger partial charge in [-0.05, 0) is 92.3 Å². The molecule has 0 bridgehead atoms. The highest BCUT2D eigenvalue weighted by Gasteiger charge is 2.48. The summed E-state index contributed by atoms with van der Waals surface area (Å²) in [7, 11) is -4.46. The van der Waals surface area contributed by atoms with Crippen LogP contribution in [0.2, 0.25) is 0 Å². The SMILES string of the molecule is CC(C)COC(=O)[C@H](C)NP(=O)(Oc1ccccc1)C(F)c1ccc2sc(C(=O)N[C@H]3CCC[C@H]4CC[C@@H](C(=O)N5CC(c6cnccc6F)C5)N4C3=O)cc2c1. The summed E-state index contributed by atoms with van der Waals surface area (Å²) in [6, 6.07) is 12.8. The van der Waals surface area contributed by atoms with E-state index in [2.05, 4.69) is 15.4 Å². The molecular weight excluding hydrogens is 776 g/mol. The molecule has 0 aliphatic carbocycles. The van der Waals surface area contributed by atoms with Crippen molar-refractivity contribution in [2.45, 2.75) is 88.9 Å². The van der Waals surface area contributed by atoms with E-state index < -0.39 is 43.4 Å². The van der Waals surface area contributed by atoms with Crippen molar-refractivity contribution in [3.63, 3.8) is 0 Å². The molecule has 0 spiro atoms. The Kier molecular flexibility index (Phi) is 12.1. The maximum atomic E-state index is 16.5. The van der Waals surface area contributed by atoms with Crippen LogP contribution in [0, 0.1) is 11.7 Å². The number of nitrogens with one attached hydrogen (secondary N) is 2. The zero-order chi connectivity index (χ0) is 40.4. The standard InChI is InChI=1S/C41H46F2N5O7PS/c1-24(2)23-54-41(52)25(3)46-56(53,55-30-9-5-4-6-10-30)37(43)26-12-15-35-27(18-26)19-36(57-35)38(49)45-33-11-7-8-29-13-14-34(48(29)39(33)50)40(51)47-21-28(22-47)31-20-44-17-16-32(31)42/h4-6,9-10,12,15-20,24-25,28-29,33-34,37H,7-8,11,13-14,21-23H2,1-3H3,(H,45,49)(H,46,53)/t25-,29-,33-,34-,37?,56?/m0/s1. The van der Waals surface area contributed by atoms with Crippen LogP contribution < -0.4 is 14.9 Å². The fourth-order valence-electron chi connectivity index (χ4n) is 7.71. The second kappa shape index (κ2) is 17.0. The number of carbonyl (C=O) groups excluding carboxylic acids is 4. The number of hydrogen-bond donors (Lipinski definition) is 2. The summed E-state index contributed by atoms with van der Waals surface area (Å²) in [6.07, 6.45) is 5.90. The number of alkyl halides is 1. The number of thiophene rings is 1. The van der Waals surface area contributed by atoms with Gasteiger partial charge in [-0.15, -0.1) is 11.3 Å². The second-order valence-electron chi connectivity index (χ2n) is 15.4. The lowest BCUT2D eigenvalue weighted by Crippen LogP contribution is -2.58. The molecule has 12 nitrogen and oxygen atoms in total. The van der Waals surface area contributed by atoms with E-state index in [1.54, 1.807) is 40.1 Å². The number of nitrogens with zero attached hydrogens (tertiary/aromatic N) is 3. The Balaban J connectivity index is 1.04. The van der Waals surface area contributed by atoms with Gasteiger partial charge in [-0.25, -0.2) is 13.9 Å². The predicted octanol–water partition coefficient (Wildman–Crippen LogP) is 7.12. The Bertz CT molecular complexity index is 2180. The Labute approximate surface area is 333 Å². The molecule has 2 aromatic carbocycles. The first kappa shape index (κ1) is 40.5. The van der Waals surface area contributed by atoms with Crippen molar-refractivity contribution in [3.8, 4) is 5.75 Å². The van der Waals surface area contributed by atoms with Crippen molar-refractivity contribution in [1.29, 1.82) is 0 Å². The minimum absolute atomic E-state index is 0.00981. The molecule has 3 aliphatic heterocycles. The van der Waals surface area contributed by atoms with E-state index in [9.17, 15) is 28.1 Å². The maximum absolute atomic E-state index is 16.5. The second-order valence-corrected chi connectivity index (χ2v) is 18.6. The van der Waals surface area contributed by atoms with Gasteiger partial charge < -0.3 is 24.4 Å². The third-order valence-corrected chi connectivity index (χ3v) is 14.0. The van der Waals surface area contributed by atoms with Crippen LogP contribution in [0.5, 0.6) is 5.75 Å². The molecule has 2 aromatic heterocycles. The number of amides is 3. The summed E-state index contributed by atoms with van der Waals surface area (Å²) in [6.45, 7) is 6.02. The van der Waals surface area contributed by atoms with Gasteiger partial charge in [0.25, 0.3) is 5.91 Å². The molecule has 57 heavy (non-hydrogen) atoms. The van der Waals surface area contributed by atoms with E-state index in [1.165, 1.54) is 49.6 Å². The molecule has 3 amide bonds. The van der Waals surface area contributed by atoms with Crippen molar-refractivity contribution < 1.29 is 41.8 Å². The number of benzene rings is 2. The fourth-order valence-corrected chi connectivity index (χ4v) is 10.6. The van der Waals surface area contributed by atoms with Gasteiger partial charge in [-0.3, -0.25) is 28.7 Å². The predicted molar refractivity (Wildman–Crippen MR) is 211 cm³/mol. The summed E-state index contributed by atoms with van der Waals surface area (Å²) in [4.78, 5) is 61.7. The smallest absolute Gasteiger partial charge is 0.355 e. The third-order valence-electron chi connectivity index (χ3n) is 10.7. The molecule has 6 atom stereocenters. The molecule has 4 aromatic rings. The summed E-state index contributed by atoms with van der Waals surface area (Å²) in [5, 5.41) is 6.00. The number of pyridine rings is 1. The van der Waals surface area contributed by atoms with Crippen molar-refractivity contribution in [1.82, 2.24) is 25.2 Å². The minimum Gasteiger partial charge on any atom is -0.464 e. The minimum atomic E-state index is -4.46. The molecule has 3 aliphatic rings. The molecule has 3 fully saturated rings. The summed E-state index contributed by atoms with van der Waals surface area (Å²) >= 11 is 1.16. The highest BCUT2D eigenvalue weighted by Crippen LogP contribution is 2.58. The highest BCUT2D eigenvalue weighted by atomic mass is 32.1. The van der Waals surface area contributed by atoms with Gasteiger partial charge in [0.15, 0.2) is 0 Å². The molecule has 2 N–H and O–H groups in total. The maximum Gasteiger partial charge on any atom is 0.355 e. The summed E-state index contributed by atoms with van der Waals surface area (Å²) in [5.41, 5.74) is 0.483. The monoisotopic (exact) mass is 821 g/mol. The lowest BCUT2D eigenvalue weighted by molar-refractivity contribution is -0.148. The number of likely N-dealkylation sites (tertiary alicyclic amines) is 1. The lowest BCUT2D eigenvalue weighted by atomic mass is 9.91. The lowest BCUT2D eigenvalue weighted by Gasteiger charge is -2.42. The van der Waals surface area contributed by atoms with Crippen molar-refractivity contribution in [3.05, 3.63) is 94.9 Å². The number of ether oxygens (including phenoxy) is 1. The van der Waals surface area contributed by atoms with E-state index in [0.29, 0.717) is 60.8 Å². The van der Waals surface area contributed by atoms with E-state index in [0.717, 1.165) is 11.3 Å². The Morgan fingerprint density at radius 1 is 1.02 bits per heavy atom. The number of halogens is 2. The van der Waals surface area contributed by atoms with Gasteiger partial charge in [0, 0.05) is 47.7 Å². The fraction of sp³-hybridized carbons (Fsp3) is 0.439.